The number of carbonyl (C=O) groups is 1. The molecule has 1 aliphatic heterocycles. The molecule has 0 spiro atoms. The summed E-state index contributed by atoms with van der Waals surface area (Å²) in [6.45, 7) is 3.05. The summed E-state index contributed by atoms with van der Waals surface area (Å²) >= 11 is 4.77. The monoisotopic (exact) mass is 216 g/mol. The van der Waals surface area contributed by atoms with E-state index < -0.39 is 0 Å². The van der Waals surface area contributed by atoms with E-state index in [9.17, 15) is 4.79 Å². The molecule has 5 heteroatoms. The van der Waals surface area contributed by atoms with Crippen molar-refractivity contribution in [2.45, 2.75) is 25.8 Å². The van der Waals surface area contributed by atoms with Crippen LogP contribution in [-0.2, 0) is 9.53 Å². The van der Waals surface area contributed by atoms with Gasteiger partial charge in [0, 0.05) is 6.61 Å². The van der Waals surface area contributed by atoms with E-state index in [0.717, 1.165) is 19.4 Å². The summed E-state index contributed by atoms with van der Waals surface area (Å²) in [6, 6.07) is -0.237. The Morgan fingerprint density at radius 2 is 2.43 bits per heavy atom. The van der Waals surface area contributed by atoms with Crippen molar-refractivity contribution in [2.24, 2.45) is 11.7 Å². The molecule has 0 aromatic heterocycles. The van der Waals surface area contributed by atoms with Gasteiger partial charge in [-0.2, -0.15) is 0 Å². The maximum absolute atomic E-state index is 11.6. The molecule has 1 fully saturated rings. The van der Waals surface area contributed by atoms with Gasteiger partial charge in [0.05, 0.1) is 23.6 Å². The van der Waals surface area contributed by atoms with Crippen LogP contribution in [0.25, 0.3) is 0 Å². The van der Waals surface area contributed by atoms with Crippen LogP contribution in [-0.4, -0.2) is 30.2 Å². The van der Waals surface area contributed by atoms with Gasteiger partial charge in [-0.15, -0.1) is 0 Å². The highest BCUT2D eigenvalue weighted by molar-refractivity contribution is 7.80. The average molecular weight is 216 g/mol. The van der Waals surface area contributed by atoms with Gasteiger partial charge in [0.1, 0.15) is 0 Å². The first-order chi connectivity index (χ1) is 6.61. The van der Waals surface area contributed by atoms with Gasteiger partial charge in [-0.3, -0.25) is 4.79 Å². The van der Waals surface area contributed by atoms with Crippen molar-refractivity contribution >= 4 is 23.1 Å². The fraction of sp³-hybridized carbons (Fsp3) is 0.778. The lowest BCUT2D eigenvalue weighted by Crippen LogP contribution is -2.45. The number of amides is 1. The Labute approximate surface area is 89.2 Å². The van der Waals surface area contributed by atoms with Gasteiger partial charge in [-0.1, -0.05) is 12.2 Å². The average Bonchev–Trinajstić information content (AvgIpc) is 2.19. The Kier molecular flexibility index (Phi) is 4.28. The lowest BCUT2D eigenvalue weighted by Gasteiger charge is -2.23. The topological polar surface area (TPSA) is 64.3 Å². The van der Waals surface area contributed by atoms with Crippen LogP contribution >= 0.6 is 12.2 Å². The lowest BCUT2D eigenvalue weighted by atomic mass is 10.0. The Bertz CT molecular complexity index is 227. The number of ether oxygens (including phenoxy) is 1. The second-order valence-electron chi connectivity index (χ2n) is 3.55. The second kappa shape index (κ2) is 5.26. The van der Waals surface area contributed by atoms with E-state index in [-0.39, 0.29) is 17.9 Å². The number of carbonyl (C=O) groups excluding carboxylic acids is 1. The van der Waals surface area contributed by atoms with Crippen LogP contribution in [0.1, 0.15) is 19.8 Å². The van der Waals surface area contributed by atoms with Gasteiger partial charge in [0.15, 0.2) is 0 Å². The van der Waals surface area contributed by atoms with Crippen LogP contribution in [0.2, 0.25) is 0 Å². The quantitative estimate of drug-likeness (QED) is 0.662. The van der Waals surface area contributed by atoms with Gasteiger partial charge < -0.3 is 15.8 Å². The largest absolute Gasteiger partial charge is 0.392 e. The van der Waals surface area contributed by atoms with Crippen molar-refractivity contribution in [3.63, 3.8) is 0 Å². The van der Waals surface area contributed by atoms with E-state index in [2.05, 4.69) is 5.32 Å². The van der Waals surface area contributed by atoms with Gasteiger partial charge in [-0.05, 0) is 19.8 Å². The molecule has 1 aliphatic rings. The zero-order valence-corrected chi connectivity index (χ0v) is 9.10. The first-order valence-electron chi connectivity index (χ1n) is 4.78. The number of hydrogen-bond acceptors (Lipinski definition) is 3. The van der Waals surface area contributed by atoms with Gasteiger partial charge in [0.2, 0.25) is 5.91 Å². The summed E-state index contributed by atoms with van der Waals surface area (Å²) in [7, 11) is 0. The highest BCUT2D eigenvalue weighted by Gasteiger charge is 2.23. The molecule has 0 aromatic carbocycles. The maximum atomic E-state index is 11.6. The summed E-state index contributed by atoms with van der Waals surface area (Å²) in [5.41, 5.74) is 5.40. The molecule has 0 radical (unpaired) electrons. The van der Waals surface area contributed by atoms with Crippen molar-refractivity contribution < 1.29 is 9.53 Å². The minimum Gasteiger partial charge on any atom is -0.392 e. The number of nitrogens with two attached hydrogens (primary N) is 1. The molecule has 0 aliphatic carbocycles. The molecular formula is C9H16N2O2S. The molecule has 3 N–H and O–H groups in total. The Hall–Kier alpha value is -0.680. The lowest BCUT2D eigenvalue weighted by molar-refractivity contribution is -0.129. The van der Waals surface area contributed by atoms with Crippen LogP contribution < -0.4 is 11.1 Å². The number of hydrogen-bond donors (Lipinski definition) is 2. The van der Waals surface area contributed by atoms with E-state index in [0.29, 0.717) is 11.6 Å². The summed E-state index contributed by atoms with van der Waals surface area (Å²) in [4.78, 5) is 11.9. The molecule has 2 unspecified atom stereocenters. The van der Waals surface area contributed by atoms with Gasteiger partial charge in [0.25, 0.3) is 0 Å². The predicted molar refractivity (Wildman–Crippen MR) is 57.9 cm³/mol. The number of nitrogens with one attached hydrogen (secondary N) is 1. The molecule has 4 nitrogen and oxygen atoms in total. The van der Waals surface area contributed by atoms with Crippen LogP contribution in [0, 0.1) is 5.92 Å². The van der Waals surface area contributed by atoms with Crippen molar-refractivity contribution in [3.8, 4) is 0 Å². The molecule has 1 saturated heterocycles. The molecule has 1 rings (SSSR count). The smallest absolute Gasteiger partial charge is 0.225 e. The summed E-state index contributed by atoms with van der Waals surface area (Å²) in [5, 5.41) is 2.76. The maximum Gasteiger partial charge on any atom is 0.225 e. The van der Waals surface area contributed by atoms with Crippen LogP contribution in [0.3, 0.4) is 0 Å². The van der Waals surface area contributed by atoms with Crippen molar-refractivity contribution in [1.29, 1.82) is 0 Å². The van der Waals surface area contributed by atoms with Crippen LogP contribution in [0.5, 0.6) is 0 Å². The van der Waals surface area contributed by atoms with E-state index in [1.54, 1.807) is 6.92 Å². The fourth-order valence-corrected chi connectivity index (χ4v) is 1.41. The standard InChI is InChI=1S/C9H16N2O2S/c1-6(8(10)14)11-9(12)7-3-2-4-13-5-7/h6-7H,2-5H2,1H3,(H2,10,14)(H,11,12). The SMILES string of the molecule is CC(NC(=O)C1CCCOC1)C(N)=S. The Morgan fingerprint density at radius 3 is 2.93 bits per heavy atom. The summed E-state index contributed by atoms with van der Waals surface area (Å²) < 4.78 is 5.22. The fourth-order valence-electron chi connectivity index (χ4n) is 1.35. The predicted octanol–water partition coefficient (Wildman–Crippen LogP) is 0.204. The molecule has 14 heavy (non-hydrogen) atoms. The highest BCUT2D eigenvalue weighted by Crippen LogP contribution is 2.13. The van der Waals surface area contributed by atoms with E-state index in [1.807, 2.05) is 0 Å². The zero-order chi connectivity index (χ0) is 10.6. The minimum absolute atomic E-state index is 0.00926. The van der Waals surface area contributed by atoms with Crippen LogP contribution in [0.15, 0.2) is 0 Å². The van der Waals surface area contributed by atoms with Crippen molar-refractivity contribution in [2.75, 3.05) is 13.2 Å². The molecule has 80 valence electrons. The third kappa shape index (κ3) is 3.23. The summed E-state index contributed by atoms with van der Waals surface area (Å²) in [5.74, 6) is -0.0504. The molecule has 0 aromatic rings. The van der Waals surface area contributed by atoms with Gasteiger partial charge >= 0.3 is 0 Å². The Balaban J connectivity index is 2.36. The highest BCUT2D eigenvalue weighted by atomic mass is 32.1. The van der Waals surface area contributed by atoms with E-state index in [4.69, 9.17) is 22.7 Å². The van der Waals surface area contributed by atoms with Crippen LogP contribution in [0.4, 0.5) is 0 Å². The zero-order valence-electron chi connectivity index (χ0n) is 8.29. The molecule has 1 amide bonds. The molecule has 0 bridgehead atoms. The van der Waals surface area contributed by atoms with Gasteiger partial charge in [-0.25, -0.2) is 0 Å². The third-order valence-corrected chi connectivity index (χ3v) is 2.67. The number of thiocarbonyl (C=S) groups is 1. The minimum atomic E-state index is -0.237. The first-order valence-corrected chi connectivity index (χ1v) is 5.19. The normalized spacial score (nSPS) is 23.9. The molecule has 2 atom stereocenters. The molecule has 0 saturated carbocycles. The van der Waals surface area contributed by atoms with E-state index >= 15 is 0 Å². The number of rotatable bonds is 3. The van der Waals surface area contributed by atoms with Crippen molar-refractivity contribution in [3.05, 3.63) is 0 Å². The second-order valence-corrected chi connectivity index (χ2v) is 4.02. The first kappa shape index (κ1) is 11.4. The third-order valence-electron chi connectivity index (χ3n) is 2.32. The van der Waals surface area contributed by atoms with E-state index in [1.165, 1.54) is 0 Å². The Morgan fingerprint density at radius 1 is 1.71 bits per heavy atom. The molecular weight excluding hydrogens is 200 g/mol. The van der Waals surface area contributed by atoms with Crippen molar-refractivity contribution in [1.82, 2.24) is 5.32 Å². The molecule has 1 heterocycles. The summed E-state index contributed by atoms with van der Waals surface area (Å²) in [6.07, 6.45) is 1.83.